The number of fused-ring (bicyclic) bond motifs is 2. The van der Waals surface area contributed by atoms with Gasteiger partial charge >= 0.3 is 6.36 Å². The molecule has 3 unspecified atom stereocenters. The molecule has 0 heterocycles. The predicted molar refractivity (Wildman–Crippen MR) is 123 cm³/mol. The number of benzene rings is 1. The van der Waals surface area contributed by atoms with Gasteiger partial charge in [-0.25, -0.2) is 0 Å². The number of hydrogen-bond acceptors (Lipinski definition) is 3. The molecule has 0 saturated heterocycles. The lowest BCUT2D eigenvalue weighted by molar-refractivity contribution is -0.274. The van der Waals surface area contributed by atoms with Gasteiger partial charge in [0.05, 0.1) is 0 Å². The van der Waals surface area contributed by atoms with E-state index in [4.69, 9.17) is 0 Å². The molecular weight excluding hydrogens is 415 g/mol. The summed E-state index contributed by atoms with van der Waals surface area (Å²) in [7, 11) is 0. The Hall–Kier alpha value is -1.69. The summed E-state index contributed by atoms with van der Waals surface area (Å²) in [5, 5.41) is 10.1. The number of unbranched alkanes of at least 4 members (excludes halogenated alkanes) is 4. The van der Waals surface area contributed by atoms with Gasteiger partial charge < -0.3 is 14.7 Å². The Bertz CT molecular complexity index is 752. The fraction of sp³-hybridized carbons (Fsp3) is 0.692. The number of halogens is 3. The first-order chi connectivity index (χ1) is 15.3. The van der Waals surface area contributed by atoms with Crippen LogP contribution in [-0.4, -0.2) is 36.0 Å². The van der Waals surface area contributed by atoms with Crippen LogP contribution in [0.2, 0.25) is 0 Å². The van der Waals surface area contributed by atoms with Gasteiger partial charge in [-0.05, 0) is 86.7 Å². The van der Waals surface area contributed by atoms with Crippen molar-refractivity contribution in [2.24, 2.45) is 17.8 Å². The number of ether oxygens (including phenoxy) is 1. The molecule has 0 amide bonds. The highest BCUT2D eigenvalue weighted by molar-refractivity contribution is 5.75. The predicted octanol–water partition coefficient (Wildman–Crippen LogP) is 7.40. The molecule has 3 nitrogen and oxygen atoms in total. The lowest BCUT2D eigenvalue weighted by atomic mass is 9.76. The molecule has 1 aromatic rings. The summed E-state index contributed by atoms with van der Waals surface area (Å²) in [6.07, 6.45) is 7.74. The number of rotatable bonds is 12. The molecule has 3 atom stereocenters. The average Bonchev–Trinajstić information content (AvgIpc) is 3.12. The van der Waals surface area contributed by atoms with Gasteiger partial charge in [0.15, 0.2) is 0 Å². The van der Waals surface area contributed by atoms with Crippen molar-refractivity contribution in [3.63, 3.8) is 0 Å². The van der Waals surface area contributed by atoms with E-state index in [1.165, 1.54) is 43.9 Å². The Morgan fingerprint density at radius 1 is 1.03 bits per heavy atom. The van der Waals surface area contributed by atoms with E-state index in [2.05, 4.69) is 29.6 Å². The van der Waals surface area contributed by atoms with E-state index in [1.807, 2.05) is 0 Å². The molecule has 1 aromatic carbocycles. The van der Waals surface area contributed by atoms with Crippen molar-refractivity contribution in [1.29, 1.82) is 0 Å². The number of alkyl halides is 3. The standard InChI is InChI=1S/C26H38F3NO2/c1-3-5-7-13-30(14-8-6-4-2)18-24-20-10-9-19(15-20)16-22(24)23-17-21(31)11-12-25(23)32-26(27,28)29/h11-12,16-17,19-20,24,31H,3-10,13-15,18H2,1-2H3. The first-order valence-corrected chi connectivity index (χ1v) is 12.3. The number of phenols is 1. The molecule has 0 aliphatic heterocycles. The summed E-state index contributed by atoms with van der Waals surface area (Å²) in [5.41, 5.74) is 1.32. The minimum absolute atomic E-state index is 0.0326. The van der Waals surface area contributed by atoms with E-state index < -0.39 is 6.36 Å². The van der Waals surface area contributed by atoms with E-state index in [0.717, 1.165) is 57.3 Å². The molecule has 0 spiro atoms. The highest BCUT2D eigenvalue weighted by atomic mass is 19.4. The van der Waals surface area contributed by atoms with E-state index in [9.17, 15) is 18.3 Å². The summed E-state index contributed by atoms with van der Waals surface area (Å²) >= 11 is 0. The maximum absolute atomic E-state index is 13.1. The van der Waals surface area contributed by atoms with E-state index in [-0.39, 0.29) is 17.4 Å². The smallest absolute Gasteiger partial charge is 0.508 e. The lowest BCUT2D eigenvalue weighted by Crippen LogP contribution is -2.36. The molecular formula is C26H38F3NO2. The molecule has 6 heteroatoms. The lowest BCUT2D eigenvalue weighted by Gasteiger charge is -2.36. The van der Waals surface area contributed by atoms with Crippen LogP contribution in [0.5, 0.6) is 11.5 Å². The second-order valence-corrected chi connectivity index (χ2v) is 9.50. The Balaban J connectivity index is 1.88. The molecule has 0 radical (unpaired) electrons. The first-order valence-electron chi connectivity index (χ1n) is 12.3. The fourth-order valence-electron chi connectivity index (χ4n) is 5.44. The monoisotopic (exact) mass is 453 g/mol. The van der Waals surface area contributed by atoms with Crippen molar-refractivity contribution in [2.75, 3.05) is 19.6 Å². The topological polar surface area (TPSA) is 32.7 Å². The number of aromatic hydroxyl groups is 1. The SMILES string of the molecule is CCCCCN(CCCCC)CC1C(c2cc(O)ccc2OC(F)(F)F)=CC2CCC1C2. The van der Waals surface area contributed by atoms with E-state index in [1.54, 1.807) is 0 Å². The highest BCUT2D eigenvalue weighted by Crippen LogP contribution is 2.50. The van der Waals surface area contributed by atoms with Crippen LogP contribution in [-0.2, 0) is 0 Å². The van der Waals surface area contributed by atoms with Gasteiger partial charge in [-0.1, -0.05) is 45.6 Å². The number of phenolic OH excluding ortho intramolecular Hbond substituents is 1. The van der Waals surface area contributed by atoms with Crippen molar-refractivity contribution in [3.8, 4) is 11.5 Å². The summed E-state index contributed by atoms with van der Waals surface area (Å²) < 4.78 is 43.7. The summed E-state index contributed by atoms with van der Waals surface area (Å²) in [6, 6.07) is 3.95. The number of nitrogens with zero attached hydrogens (tertiary/aromatic N) is 1. The normalized spacial score (nSPS) is 22.9. The third-order valence-corrected chi connectivity index (χ3v) is 7.01. The minimum Gasteiger partial charge on any atom is -0.508 e. The third-order valence-electron chi connectivity index (χ3n) is 7.01. The summed E-state index contributed by atoms with van der Waals surface area (Å²) in [6.45, 7) is 7.32. The Labute approximate surface area is 190 Å². The largest absolute Gasteiger partial charge is 0.573 e. The van der Waals surface area contributed by atoms with Gasteiger partial charge in [0.25, 0.3) is 0 Å². The van der Waals surface area contributed by atoms with Crippen molar-refractivity contribution in [2.45, 2.75) is 78.0 Å². The first kappa shape index (κ1) is 24.9. The Morgan fingerprint density at radius 2 is 1.72 bits per heavy atom. The van der Waals surface area contributed by atoms with Gasteiger partial charge in [0.2, 0.25) is 0 Å². The molecule has 3 rings (SSSR count). The van der Waals surface area contributed by atoms with E-state index >= 15 is 0 Å². The van der Waals surface area contributed by atoms with Gasteiger partial charge in [0.1, 0.15) is 11.5 Å². The van der Waals surface area contributed by atoms with Crippen molar-refractivity contribution < 1.29 is 23.0 Å². The molecule has 1 saturated carbocycles. The minimum atomic E-state index is -4.76. The Morgan fingerprint density at radius 3 is 2.34 bits per heavy atom. The third kappa shape index (κ3) is 6.90. The van der Waals surface area contributed by atoms with E-state index in [0.29, 0.717) is 17.4 Å². The quantitative estimate of drug-likeness (QED) is 0.335. The van der Waals surface area contributed by atoms with Gasteiger partial charge in [-0.3, -0.25) is 0 Å². The molecule has 1 fully saturated rings. The van der Waals surface area contributed by atoms with Crippen LogP contribution in [0.4, 0.5) is 13.2 Å². The molecule has 32 heavy (non-hydrogen) atoms. The number of hydrogen-bond donors (Lipinski definition) is 1. The molecule has 180 valence electrons. The maximum Gasteiger partial charge on any atom is 0.573 e. The zero-order valence-electron chi connectivity index (χ0n) is 19.5. The van der Waals surface area contributed by atoms with Crippen LogP contribution in [0.15, 0.2) is 24.3 Å². The summed E-state index contributed by atoms with van der Waals surface area (Å²) in [4.78, 5) is 2.52. The second-order valence-electron chi connectivity index (χ2n) is 9.50. The second kappa shape index (κ2) is 11.4. The molecule has 2 bridgehead atoms. The Kier molecular flexibility index (Phi) is 8.92. The van der Waals surface area contributed by atoms with Crippen LogP contribution in [0.25, 0.3) is 5.57 Å². The summed E-state index contributed by atoms with van der Waals surface area (Å²) in [5.74, 6) is 0.794. The van der Waals surface area contributed by atoms with Crippen LogP contribution in [0.1, 0.15) is 77.2 Å². The average molecular weight is 454 g/mol. The van der Waals surface area contributed by atoms with Crippen LogP contribution in [0, 0.1) is 17.8 Å². The molecule has 0 aromatic heterocycles. The molecule has 2 aliphatic carbocycles. The molecule has 1 N–H and O–H groups in total. The van der Waals surface area contributed by atoms with Crippen molar-refractivity contribution in [1.82, 2.24) is 4.90 Å². The molecule has 2 aliphatic rings. The number of allylic oxidation sites excluding steroid dienone is 1. The van der Waals surface area contributed by atoms with Gasteiger partial charge in [0, 0.05) is 12.1 Å². The zero-order valence-corrected chi connectivity index (χ0v) is 19.5. The van der Waals surface area contributed by atoms with Crippen LogP contribution >= 0.6 is 0 Å². The maximum atomic E-state index is 13.1. The van der Waals surface area contributed by atoms with Gasteiger partial charge in [-0.2, -0.15) is 0 Å². The van der Waals surface area contributed by atoms with Crippen molar-refractivity contribution in [3.05, 3.63) is 29.8 Å². The van der Waals surface area contributed by atoms with Crippen molar-refractivity contribution >= 4 is 5.57 Å². The zero-order chi connectivity index (χ0) is 23.1. The van der Waals surface area contributed by atoms with Crippen LogP contribution < -0.4 is 4.74 Å². The fourth-order valence-corrected chi connectivity index (χ4v) is 5.44. The van der Waals surface area contributed by atoms with Crippen LogP contribution in [0.3, 0.4) is 0 Å². The van der Waals surface area contributed by atoms with Gasteiger partial charge in [-0.15, -0.1) is 13.2 Å². The highest BCUT2D eigenvalue weighted by Gasteiger charge is 2.40.